The van der Waals surface area contributed by atoms with Gasteiger partial charge in [0.1, 0.15) is 17.4 Å². The first-order valence-electron chi connectivity index (χ1n) is 6.98. The molecule has 0 radical (unpaired) electrons. The molecule has 1 N–H and O–H groups in total. The maximum atomic E-state index is 13.5. The van der Waals surface area contributed by atoms with Gasteiger partial charge in [-0.25, -0.2) is 8.78 Å². The van der Waals surface area contributed by atoms with Crippen LogP contribution in [0.4, 0.5) is 20.2 Å². The van der Waals surface area contributed by atoms with Crippen LogP contribution < -0.4 is 10.1 Å². The molecule has 0 spiro atoms. The summed E-state index contributed by atoms with van der Waals surface area (Å²) in [5, 5.41) is 12.9. The number of hydrogen-bond acceptors (Lipinski definition) is 5. The van der Waals surface area contributed by atoms with Gasteiger partial charge in [0, 0.05) is 18.2 Å². The third kappa shape index (κ3) is 4.34. The number of carbonyl (C=O) groups excluding carboxylic acids is 2. The molecular formula is C16H12F2N2O5. The minimum atomic E-state index is -1.18. The molecule has 0 bridgehead atoms. The molecule has 2 rings (SSSR count). The van der Waals surface area contributed by atoms with Crippen LogP contribution in [0.15, 0.2) is 36.4 Å². The summed E-state index contributed by atoms with van der Waals surface area (Å²) in [5.74, 6) is -2.41. The lowest BCUT2D eigenvalue weighted by Gasteiger charge is -2.16. The van der Waals surface area contributed by atoms with Crippen molar-refractivity contribution in [2.45, 2.75) is 13.0 Å². The molecule has 130 valence electrons. The lowest BCUT2D eigenvalue weighted by molar-refractivity contribution is -0.384. The minimum Gasteiger partial charge on any atom is -0.480 e. The number of carbonyl (C=O) groups is 2. The van der Waals surface area contributed by atoms with E-state index < -0.39 is 28.6 Å². The minimum absolute atomic E-state index is 0.0528. The highest BCUT2D eigenvalue weighted by atomic mass is 19.1. The second-order valence-electron chi connectivity index (χ2n) is 4.97. The van der Waals surface area contributed by atoms with E-state index in [1.54, 1.807) is 0 Å². The van der Waals surface area contributed by atoms with Gasteiger partial charge in [-0.1, -0.05) is 0 Å². The van der Waals surface area contributed by atoms with Crippen molar-refractivity contribution in [3.05, 3.63) is 63.7 Å². The van der Waals surface area contributed by atoms with E-state index in [4.69, 9.17) is 4.74 Å². The number of halogens is 2. The summed E-state index contributed by atoms with van der Waals surface area (Å²) in [6, 6.07) is 5.85. The van der Waals surface area contributed by atoms with Crippen molar-refractivity contribution < 1.29 is 28.0 Å². The number of aldehydes is 1. The first kappa shape index (κ1) is 18.0. The van der Waals surface area contributed by atoms with Crippen LogP contribution in [-0.4, -0.2) is 23.2 Å². The summed E-state index contributed by atoms with van der Waals surface area (Å²) >= 11 is 0. The van der Waals surface area contributed by atoms with Gasteiger partial charge in [0.05, 0.1) is 16.2 Å². The lowest BCUT2D eigenvalue weighted by Crippen LogP contribution is -2.30. The second-order valence-corrected chi connectivity index (χ2v) is 4.97. The number of non-ortho nitro benzene ring substituents is 1. The van der Waals surface area contributed by atoms with Gasteiger partial charge in [0.15, 0.2) is 12.4 Å². The van der Waals surface area contributed by atoms with Crippen molar-refractivity contribution in [3.8, 4) is 5.75 Å². The fourth-order valence-electron chi connectivity index (χ4n) is 1.92. The second kappa shape index (κ2) is 7.47. The maximum absolute atomic E-state index is 13.5. The molecule has 9 heteroatoms. The zero-order chi connectivity index (χ0) is 18.6. The van der Waals surface area contributed by atoms with E-state index in [2.05, 4.69) is 5.32 Å². The Labute approximate surface area is 140 Å². The Morgan fingerprint density at radius 3 is 2.64 bits per heavy atom. The number of rotatable bonds is 6. The molecule has 0 saturated heterocycles. The molecule has 0 aliphatic carbocycles. The number of nitrogens with zero attached hydrogens (tertiary/aromatic N) is 1. The normalized spacial score (nSPS) is 11.5. The van der Waals surface area contributed by atoms with Crippen LogP contribution in [0.3, 0.4) is 0 Å². The molecule has 1 amide bonds. The van der Waals surface area contributed by atoms with Crippen LogP contribution in [-0.2, 0) is 4.79 Å². The fraction of sp³-hybridized carbons (Fsp3) is 0.125. The van der Waals surface area contributed by atoms with Crippen LogP contribution in [0.5, 0.6) is 5.75 Å². The topological polar surface area (TPSA) is 98.5 Å². The first-order valence-corrected chi connectivity index (χ1v) is 6.98. The molecule has 25 heavy (non-hydrogen) atoms. The van der Waals surface area contributed by atoms with Gasteiger partial charge in [-0.2, -0.15) is 0 Å². The molecule has 0 aliphatic heterocycles. The number of amides is 1. The Bertz CT molecular complexity index is 841. The third-order valence-corrected chi connectivity index (χ3v) is 3.19. The van der Waals surface area contributed by atoms with E-state index in [1.165, 1.54) is 13.0 Å². The predicted molar refractivity (Wildman–Crippen MR) is 83.6 cm³/mol. The van der Waals surface area contributed by atoms with E-state index in [-0.39, 0.29) is 22.7 Å². The van der Waals surface area contributed by atoms with E-state index in [9.17, 15) is 28.5 Å². The van der Waals surface area contributed by atoms with Gasteiger partial charge in [-0.05, 0) is 25.1 Å². The van der Waals surface area contributed by atoms with Crippen LogP contribution in [0.2, 0.25) is 0 Å². The number of ether oxygens (including phenoxy) is 1. The molecule has 7 nitrogen and oxygen atoms in total. The highest BCUT2D eigenvalue weighted by molar-refractivity contribution is 5.94. The molecule has 2 aromatic carbocycles. The van der Waals surface area contributed by atoms with Gasteiger partial charge in [-0.15, -0.1) is 0 Å². The molecule has 0 aromatic heterocycles. The van der Waals surface area contributed by atoms with Crippen LogP contribution in [0.1, 0.15) is 17.3 Å². The maximum Gasteiger partial charge on any atom is 0.270 e. The average molecular weight is 350 g/mol. The number of nitro groups is 1. The molecule has 0 unspecified atom stereocenters. The van der Waals surface area contributed by atoms with Gasteiger partial charge in [0.2, 0.25) is 0 Å². The van der Waals surface area contributed by atoms with Crippen molar-refractivity contribution in [3.63, 3.8) is 0 Å². The summed E-state index contributed by atoms with van der Waals surface area (Å²) in [4.78, 5) is 33.1. The molecule has 0 aliphatic rings. The Morgan fingerprint density at radius 1 is 1.28 bits per heavy atom. The predicted octanol–water partition coefficient (Wildman–Crippen LogP) is 3.09. The molecule has 2 aromatic rings. The van der Waals surface area contributed by atoms with E-state index in [0.717, 1.165) is 30.3 Å². The summed E-state index contributed by atoms with van der Waals surface area (Å²) in [7, 11) is 0. The summed E-state index contributed by atoms with van der Waals surface area (Å²) < 4.78 is 31.9. The van der Waals surface area contributed by atoms with Crippen molar-refractivity contribution in [2.75, 3.05) is 5.32 Å². The number of benzene rings is 2. The highest BCUT2D eigenvalue weighted by Crippen LogP contribution is 2.24. The van der Waals surface area contributed by atoms with Crippen molar-refractivity contribution in [2.24, 2.45) is 0 Å². The van der Waals surface area contributed by atoms with Gasteiger partial charge >= 0.3 is 0 Å². The van der Waals surface area contributed by atoms with Crippen molar-refractivity contribution >= 4 is 23.6 Å². The SMILES string of the molecule is C[C@@H](Oc1ccc([N+](=O)[O-])cc1C=O)C(=O)Nc1cc(F)ccc1F. The Balaban J connectivity index is 2.14. The average Bonchev–Trinajstić information content (AvgIpc) is 2.58. The smallest absolute Gasteiger partial charge is 0.270 e. The van der Waals surface area contributed by atoms with Crippen molar-refractivity contribution in [1.29, 1.82) is 0 Å². The number of hydrogen-bond donors (Lipinski definition) is 1. The van der Waals surface area contributed by atoms with Gasteiger partial charge in [-0.3, -0.25) is 19.7 Å². The monoisotopic (exact) mass is 350 g/mol. The zero-order valence-electron chi connectivity index (χ0n) is 12.9. The Kier molecular flexibility index (Phi) is 5.38. The molecule has 0 saturated carbocycles. The van der Waals surface area contributed by atoms with Crippen LogP contribution >= 0.6 is 0 Å². The van der Waals surface area contributed by atoms with Crippen molar-refractivity contribution in [1.82, 2.24) is 0 Å². The number of anilines is 1. The van der Waals surface area contributed by atoms with E-state index in [0.29, 0.717) is 6.29 Å². The highest BCUT2D eigenvalue weighted by Gasteiger charge is 2.19. The van der Waals surface area contributed by atoms with Crippen LogP contribution in [0.25, 0.3) is 0 Å². The third-order valence-electron chi connectivity index (χ3n) is 3.19. The van der Waals surface area contributed by atoms with Crippen LogP contribution in [0, 0.1) is 21.7 Å². The summed E-state index contributed by atoms with van der Waals surface area (Å²) in [6.45, 7) is 1.32. The lowest BCUT2D eigenvalue weighted by atomic mass is 10.2. The first-order chi connectivity index (χ1) is 11.8. The Hall–Kier alpha value is -3.36. The summed E-state index contributed by atoms with van der Waals surface area (Å²) in [5.41, 5.74) is -0.793. The van der Waals surface area contributed by atoms with E-state index in [1.807, 2.05) is 0 Å². The summed E-state index contributed by atoms with van der Waals surface area (Å²) in [6.07, 6.45) is -0.832. The standard InChI is InChI=1S/C16H12F2N2O5/c1-9(16(22)19-14-7-11(17)2-4-13(14)18)25-15-5-3-12(20(23)24)6-10(15)8-21/h2-9H,1H3,(H,19,22)/t9-/m1/s1. The zero-order valence-corrected chi connectivity index (χ0v) is 12.9. The largest absolute Gasteiger partial charge is 0.480 e. The van der Waals surface area contributed by atoms with Gasteiger partial charge < -0.3 is 10.1 Å². The van der Waals surface area contributed by atoms with E-state index >= 15 is 0 Å². The van der Waals surface area contributed by atoms with Gasteiger partial charge in [0.25, 0.3) is 11.6 Å². The number of nitro benzene ring substituents is 1. The molecule has 0 heterocycles. The number of nitrogens with one attached hydrogen (secondary N) is 1. The Morgan fingerprint density at radius 2 is 2.00 bits per heavy atom. The molecular weight excluding hydrogens is 338 g/mol. The quantitative estimate of drug-likeness (QED) is 0.490. The molecule has 1 atom stereocenters. The molecule has 0 fully saturated rings. The fourth-order valence-corrected chi connectivity index (χ4v) is 1.92.